The lowest BCUT2D eigenvalue weighted by molar-refractivity contribution is 0.260. The van der Waals surface area contributed by atoms with Gasteiger partial charge >= 0.3 is 0 Å². The van der Waals surface area contributed by atoms with Crippen LogP contribution in [0, 0.1) is 0 Å². The van der Waals surface area contributed by atoms with Gasteiger partial charge < -0.3 is 9.42 Å². The van der Waals surface area contributed by atoms with Crippen molar-refractivity contribution in [3.05, 3.63) is 41.5 Å². The van der Waals surface area contributed by atoms with Gasteiger partial charge in [-0.25, -0.2) is 0 Å². The van der Waals surface area contributed by atoms with Gasteiger partial charge in [0.15, 0.2) is 5.82 Å². The first-order chi connectivity index (χ1) is 10.8. The van der Waals surface area contributed by atoms with Crippen LogP contribution in [0.25, 0.3) is 0 Å². The summed E-state index contributed by atoms with van der Waals surface area (Å²) in [6.07, 6.45) is 3.41. The van der Waals surface area contributed by atoms with Crippen LogP contribution in [0.1, 0.15) is 37.0 Å². The fourth-order valence-corrected chi connectivity index (χ4v) is 2.99. The van der Waals surface area contributed by atoms with Crippen molar-refractivity contribution in [3.8, 4) is 0 Å². The van der Waals surface area contributed by atoms with E-state index < -0.39 is 0 Å². The van der Waals surface area contributed by atoms with Gasteiger partial charge in [0.1, 0.15) is 0 Å². The van der Waals surface area contributed by atoms with E-state index in [0.29, 0.717) is 12.4 Å². The first kappa shape index (κ1) is 15.0. The first-order valence-corrected chi connectivity index (χ1v) is 8.09. The lowest BCUT2D eigenvalue weighted by atomic mass is 10.1. The topological polar surface area (TPSA) is 45.4 Å². The zero-order chi connectivity index (χ0) is 15.4. The second-order valence-electron chi connectivity index (χ2n) is 5.95. The highest BCUT2D eigenvalue weighted by Crippen LogP contribution is 2.25. The molecule has 0 N–H and O–H groups in total. The van der Waals surface area contributed by atoms with Crippen LogP contribution >= 0.6 is 0 Å². The molecule has 0 radical (unpaired) electrons. The van der Waals surface area contributed by atoms with E-state index in [9.17, 15) is 0 Å². The van der Waals surface area contributed by atoms with Gasteiger partial charge in [-0.2, -0.15) is 4.98 Å². The van der Waals surface area contributed by atoms with Crippen molar-refractivity contribution in [3.63, 3.8) is 0 Å². The smallest absolute Gasteiger partial charge is 0.240 e. The summed E-state index contributed by atoms with van der Waals surface area (Å²) in [5.41, 5.74) is 2.73. The minimum Gasteiger partial charge on any atom is -0.371 e. The molecule has 2 aromatic rings. The number of benzene rings is 1. The third kappa shape index (κ3) is 3.47. The Kier molecular flexibility index (Phi) is 4.73. The summed E-state index contributed by atoms with van der Waals surface area (Å²) in [5.74, 6) is 1.47. The number of aromatic nitrogens is 2. The average Bonchev–Trinajstić information content (AvgIpc) is 3.19. The minimum atomic E-state index is 0.682. The number of rotatable bonds is 6. The molecule has 1 saturated heterocycles. The Balaban J connectivity index is 1.67. The van der Waals surface area contributed by atoms with Crippen LogP contribution in [0.4, 0.5) is 5.69 Å². The van der Waals surface area contributed by atoms with Crippen molar-refractivity contribution in [1.29, 1.82) is 0 Å². The standard InChI is InChI=1S/C17H24N4O/c1-3-16-18-17(22-19-16)13-20(2)12-14-8-4-5-9-15(14)21-10-6-7-11-21/h4-5,8-9H,3,6-7,10-13H2,1-2H3. The van der Waals surface area contributed by atoms with Gasteiger partial charge in [0.25, 0.3) is 0 Å². The summed E-state index contributed by atoms with van der Waals surface area (Å²) in [5, 5.41) is 3.95. The lowest BCUT2D eigenvalue weighted by Crippen LogP contribution is -2.23. The monoisotopic (exact) mass is 300 g/mol. The molecule has 0 amide bonds. The maximum atomic E-state index is 5.28. The van der Waals surface area contributed by atoms with Crippen LogP contribution < -0.4 is 4.90 Å². The van der Waals surface area contributed by atoms with Crippen molar-refractivity contribution in [2.45, 2.75) is 39.3 Å². The largest absolute Gasteiger partial charge is 0.371 e. The summed E-state index contributed by atoms with van der Waals surface area (Å²) in [7, 11) is 2.09. The molecule has 1 aromatic carbocycles. The highest BCUT2D eigenvalue weighted by molar-refractivity contribution is 5.54. The van der Waals surface area contributed by atoms with E-state index in [-0.39, 0.29) is 0 Å². The Labute approximate surface area is 131 Å². The van der Waals surface area contributed by atoms with Crippen molar-refractivity contribution < 1.29 is 4.52 Å². The molecule has 0 atom stereocenters. The molecular formula is C17H24N4O. The van der Waals surface area contributed by atoms with Gasteiger partial charge in [-0.1, -0.05) is 30.3 Å². The second-order valence-corrected chi connectivity index (χ2v) is 5.95. The van der Waals surface area contributed by atoms with Gasteiger partial charge in [-0.15, -0.1) is 0 Å². The Morgan fingerprint density at radius 2 is 1.95 bits per heavy atom. The molecule has 0 unspecified atom stereocenters. The van der Waals surface area contributed by atoms with Gasteiger partial charge in [-0.05, 0) is 31.5 Å². The van der Waals surface area contributed by atoms with Crippen LogP contribution in [-0.4, -0.2) is 35.2 Å². The quantitative estimate of drug-likeness (QED) is 0.821. The number of hydrogen-bond donors (Lipinski definition) is 0. The predicted molar refractivity (Wildman–Crippen MR) is 86.7 cm³/mol. The third-order valence-corrected chi connectivity index (χ3v) is 4.11. The highest BCUT2D eigenvalue weighted by atomic mass is 16.5. The van der Waals surface area contributed by atoms with Crippen LogP contribution in [0.2, 0.25) is 0 Å². The number of nitrogens with zero attached hydrogens (tertiary/aromatic N) is 4. The minimum absolute atomic E-state index is 0.682. The van der Waals surface area contributed by atoms with Crippen LogP contribution in [0.5, 0.6) is 0 Å². The molecule has 3 rings (SSSR count). The predicted octanol–water partition coefficient (Wildman–Crippen LogP) is 2.86. The van der Waals surface area contributed by atoms with E-state index in [1.807, 2.05) is 6.92 Å². The van der Waals surface area contributed by atoms with Crippen LogP contribution in [0.3, 0.4) is 0 Å². The van der Waals surface area contributed by atoms with Crippen molar-refractivity contribution in [2.24, 2.45) is 0 Å². The molecule has 0 bridgehead atoms. The fourth-order valence-electron chi connectivity index (χ4n) is 2.99. The molecule has 1 aliphatic heterocycles. The van der Waals surface area contributed by atoms with Gasteiger partial charge in [0.2, 0.25) is 5.89 Å². The van der Waals surface area contributed by atoms with E-state index in [0.717, 1.165) is 18.8 Å². The van der Waals surface area contributed by atoms with E-state index in [1.54, 1.807) is 0 Å². The fraction of sp³-hybridized carbons (Fsp3) is 0.529. The molecule has 1 aromatic heterocycles. The normalized spacial score (nSPS) is 15.0. The SMILES string of the molecule is CCc1noc(CN(C)Cc2ccccc2N2CCCC2)n1. The summed E-state index contributed by atoms with van der Waals surface area (Å²) in [6.45, 7) is 5.94. The second kappa shape index (κ2) is 6.92. The number of para-hydroxylation sites is 1. The Morgan fingerprint density at radius 3 is 2.68 bits per heavy atom. The summed E-state index contributed by atoms with van der Waals surface area (Å²) >= 11 is 0. The van der Waals surface area contributed by atoms with Gasteiger partial charge in [-0.3, -0.25) is 4.90 Å². The molecule has 0 spiro atoms. The maximum absolute atomic E-state index is 5.28. The Morgan fingerprint density at radius 1 is 1.18 bits per heavy atom. The molecule has 22 heavy (non-hydrogen) atoms. The van der Waals surface area contributed by atoms with Gasteiger partial charge in [0, 0.05) is 31.7 Å². The Bertz CT molecular complexity index is 604. The molecule has 5 heteroatoms. The van der Waals surface area contributed by atoms with Crippen LogP contribution in [-0.2, 0) is 19.5 Å². The van der Waals surface area contributed by atoms with Crippen molar-refractivity contribution in [2.75, 3.05) is 25.0 Å². The maximum Gasteiger partial charge on any atom is 0.240 e. The van der Waals surface area contributed by atoms with Crippen molar-refractivity contribution in [1.82, 2.24) is 15.0 Å². The molecule has 0 aliphatic carbocycles. The first-order valence-electron chi connectivity index (χ1n) is 8.09. The summed E-state index contributed by atoms with van der Waals surface area (Å²) in [6, 6.07) is 8.69. The molecule has 0 saturated carbocycles. The third-order valence-electron chi connectivity index (χ3n) is 4.11. The van der Waals surface area contributed by atoms with E-state index >= 15 is 0 Å². The summed E-state index contributed by atoms with van der Waals surface area (Å²) < 4.78 is 5.28. The molecule has 1 aliphatic rings. The Hall–Kier alpha value is -1.88. The van der Waals surface area contributed by atoms with Crippen molar-refractivity contribution >= 4 is 5.69 Å². The van der Waals surface area contributed by atoms with Crippen LogP contribution in [0.15, 0.2) is 28.8 Å². The summed E-state index contributed by atoms with van der Waals surface area (Å²) in [4.78, 5) is 9.10. The molecule has 2 heterocycles. The molecule has 5 nitrogen and oxygen atoms in total. The molecule has 118 valence electrons. The number of anilines is 1. The lowest BCUT2D eigenvalue weighted by Gasteiger charge is -2.23. The number of aryl methyl sites for hydroxylation is 1. The van der Waals surface area contributed by atoms with Gasteiger partial charge in [0.05, 0.1) is 6.54 Å². The molecule has 1 fully saturated rings. The molecular weight excluding hydrogens is 276 g/mol. The number of hydrogen-bond acceptors (Lipinski definition) is 5. The average molecular weight is 300 g/mol. The highest BCUT2D eigenvalue weighted by Gasteiger charge is 2.16. The van der Waals surface area contributed by atoms with E-state index in [1.165, 1.54) is 37.2 Å². The zero-order valence-corrected chi connectivity index (χ0v) is 13.5. The zero-order valence-electron chi connectivity index (χ0n) is 13.5. The van der Waals surface area contributed by atoms with E-state index in [2.05, 4.69) is 51.3 Å². The van der Waals surface area contributed by atoms with E-state index in [4.69, 9.17) is 4.52 Å².